The van der Waals surface area contributed by atoms with E-state index in [0.29, 0.717) is 0 Å². The summed E-state index contributed by atoms with van der Waals surface area (Å²) in [5.41, 5.74) is 0. The molecule has 0 aromatic rings. The van der Waals surface area contributed by atoms with E-state index in [1.54, 1.807) is 0 Å². The summed E-state index contributed by atoms with van der Waals surface area (Å²) in [5, 5.41) is 0. The third kappa shape index (κ3) is 2.16. The summed E-state index contributed by atoms with van der Waals surface area (Å²) in [5.74, 6) is 0. The molecule has 2 rings (SSSR count). The summed E-state index contributed by atoms with van der Waals surface area (Å²) in [6, 6.07) is 1.81. The lowest BCUT2D eigenvalue weighted by atomic mass is 10.1. The van der Waals surface area contributed by atoms with Crippen LogP contribution in [-0.2, 0) is 0 Å². The van der Waals surface area contributed by atoms with Crippen LogP contribution in [0.15, 0.2) is 0 Å². The molecule has 2 heteroatoms. The van der Waals surface area contributed by atoms with Gasteiger partial charge in [-0.3, -0.25) is 0 Å². The SMILES string of the molecule is [Si]CN(C1CCCC1)C1CCCC1. The first kappa shape index (κ1) is 9.72. The van der Waals surface area contributed by atoms with E-state index in [4.69, 9.17) is 0 Å². The van der Waals surface area contributed by atoms with Crippen LogP contribution in [0.4, 0.5) is 0 Å². The summed E-state index contributed by atoms with van der Waals surface area (Å²) in [7, 11) is 3.71. The maximum Gasteiger partial charge on any atom is 0.0432 e. The maximum atomic E-state index is 3.71. The van der Waals surface area contributed by atoms with Crippen molar-refractivity contribution < 1.29 is 0 Å². The average molecular weight is 194 g/mol. The van der Waals surface area contributed by atoms with Crippen molar-refractivity contribution in [1.29, 1.82) is 0 Å². The highest BCUT2D eigenvalue weighted by molar-refractivity contribution is 6.08. The Balaban J connectivity index is 1.90. The zero-order valence-electron chi connectivity index (χ0n) is 8.47. The molecule has 0 bridgehead atoms. The number of rotatable bonds is 3. The van der Waals surface area contributed by atoms with E-state index in [1.807, 2.05) is 0 Å². The minimum atomic E-state index is 0.903. The van der Waals surface area contributed by atoms with E-state index in [9.17, 15) is 0 Å². The molecule has 2 fully saturated rings. The highest BCUT2D eigenvalue weighted by atomic mass is 28.1. The van der Waals surface area contributed by atoms with Gasteiger partial charge in [-0.05, 0) is 31.9 Å². The largest absolute Gasteiger partial charge is 0.301 e. The van der Waals surface area contributed by atoms with Gasteiger partial charge in [0.1, 0.15) is 0 Å². The Labute approximate surface area is 85.3 Å². The summed E-state index contributed by atoms with van der Waals surface area (Å²) in [6.07, 6.45) is 12.7. The molecule has 13 heavy (non-hydrogen) atoms. The maximum absolute atomic E-state index is 3.71. The molecule has 2 aliphatic carbocycles. The van der Waals surface area contributed by atoms with Crippen molar-refractivity contribution in [2.24, 2.45) is 0 Å². The second kappa shape index (κ2) is 4.60. The molecule has 0 aromatic heterocycles. The minimum Gasteiger partial charge on any atom is -0.301 e. The standard InChI is InChI=1S/C11H20NSi/c13-9-12(10-5-1-2-6-10)11-7-3-4-8-11/h10-11H,1-9H2. The summed E-state index contributed by atoms with van der Waals surface area (Å²) in [6.45, 7) is 0. The van der Waals surface area contributed by atoms with Gasteiger partial charge in [0.25, 0.3) is 0 Å². The Hall–Kier alpha value is 0.177. The third-order valence-electron chi connectivity index (χ3n) is 3.77. The molecule has 0 atom stereocenters. The number of nitrogens with zero attached hydrogens (tertiary/aromatic N) is 1. The van der Waals surface area contributed by atoms with E-state index >= 15 is 0 Å². The van der Waals surface area contributed by atoms with Crippen LogP contribution in [0.3, 0.4) is 0 Å². The van der Waals surface area contributed by atoms with Gasteiger partial charge in [0, 0.05) is 22.3 Å². The summed E-state index contributed by atoms with van der Waals surface area (Å²) < 4.78 is 0. The van der Waals surface area contributed by atoms with Gasteiger partial charge in [-0.1, -0.05) is 25.7 Å². The highest BCUT2D eigenvalue weighted by Gasteiger charge is 2.28. The zero-order valence-corrected chi connectivity index (χ0v) is 9.47. The van der Waals surface area contributed by atoms with E-state index in [-0.39, 0.29) is 0 Å². The first-order valence-corrected chi connectivity index (χ1v) is 6.53. The summed E-state index contributed by atoms with van der Waals surface area (Å²) >= 11 is 0. The normalized spacial score (nSPS) is 26.3. The monoisotopic (exact) mass is 194 g/mol. The van der Waals surface area contributed by atoms with Gasteiger partial charge in [-0.25, -0.2) is 0 Å². The van der Waals surface area contributed by atoms with Crippen LogP contribution in [0.5, 0.6) is 0 Å². The van der Waals surface area contributed by atoms with Gasteiger partial charge in [0.05, 0.1) is 0 Å². The molecule has 0 saturated heterocycles. The lowest BCUT2D eigenvalue weighted by Crippen LogP contribution is -2.41. The van der Waals surface area contributed by atoms with Crippen LogP contribution < -0.4 is 0 Å². The van der Waals surface area contributed by atoms with Crippen LogP contribution in [0, 0.1) is 0 Å². The molecule has 73 valence electrons. The number of hydrogen-bond donors (Lipinski definition) is 0. The topological polar surface area (TPSA) is 3.24 Å². The molecule has 0 aromatic carbocycles. The van der Waals surface area contributed by atoms with Gasteiger partial charge in [0.15, 0.2) is 0 Å². The quantitative estimate of drug-likeness (QED) is 0.623. The van der Waals surface area contributed by atoms with Crippen molar-refractivity contribution >= 4 is 10.2 Å². The molecule has 2 aliphatic rings. The van der Waals surface area contributed by atoms with Gasteiger partial charge < -0.3 is 4.90 Å². The smallest absolute Gasteiger partial charge is 0.0432 e. The van der Waals surface area contributed by atoms with Crippen LogP contribution in [-0.4, -0.2) is 33.4 Å². The van der Waals surface area contributed by atoms with E-state index in [2.05, 4.69) is 15.1 Å². The highest BCUT2D eigenvalue weighted by Crippen LogP contribution is 2.30. The zero-order chi connectivity index (χ0) is 9.10. The second-order valence-corrected chi connectivity index (χ2v) is 4.87. The molecule has 0 aliphatic heterocycles. The van der Waals surface area contributed by atoms with Crippen LogP contribution >= 0.6 is 0 Å². The van der Waals surface area contributed by atoms with Gasteiger partial charge in [-0.2, -0.15) is 0 Å². The van der Waals surface area contributed by atoms with Crippen molar-refractivity contribution in [2.45, 2.75) is 63.5 Å². The number of hydrogen-bond acceptors (Lipinski definition) is 1. The van der Waals surface area contributed by atoms with Crippen LogP contribution in [0.2, 0.25) is 0 Å². The molecule has 1 nitrogen and oxygen atoms in total. The van der Waals surface area contributed by atoms with Gasteiger partial charge in [0.2, 0.25) is 0 Å². The first-order chi connectivity index (χ1) is 6.42. The average Bonchev–Trinajstić information content (AvgIpc) is 2.76. The Bertz CT molecular complexity index is 132. The summed E-state index contributed by atoms with van der Waals surface area (Å²) in [4.78, 5) is 2.72. The molecule has 3 radical (unpaired) electrons. The van der Waals surface area contributed by atoms with Crippen molar-refractivity contribution in [1.82, 2.24) is 4.90 Å². The molecule has 0 unspecified atom stereocenters. The second-order valence-electron chi connectivity index (χ2n) is 4.55. The predicted molar refractivity (Wildman–Crippen MR) is 57.0 cm³/mol. The van der Waals surface area contributed by atoms with E-state index < -0.39 is 0 Å². The minimum absolute atomic E-state index is 0.903. The Morgan fingerprint density at radius 2 is 1.23 bits per heavy atom. The van der Waals surface area contributed by atoms with Gasteiger partial charge >= 0.3 is 0 Å². The molecular weight excluding hydrogens is 174 g/mol. The Morgan fingerprint density at radius 3 is 1.54 bits per heavy atom. The molecule has 0 spiro atoms. The van der Waals surface area contributed by atoms with Crippen LogP contribution in [0.1, 0.15) is 51.4 Å². The third-order valence-corrected chi connectivity index (χ3v) is 4.14. The van der Waals surface area contributed by atoms with Crippen molar-refractivity contribution in [3.05, 3.63) is 0 Å². The molecule has 0 heterocycles. The fourth-order valence-corrected chi connectivity index (χ4v) is 3.54. The molecule has 0 N–H and O–H groups in total. The molecule has 2 saturated carbocycles. The molecular formula is C11H20NSi. The first-order valence-electron chi connectivity index (χ1n) is 5.82. The lowest BCUT2D eigenvalue weighted by Gasteiger charge is -2.33. The van der Waals surface area contributed by atoms with E-state index in [0.717, 1.165) is 18.3 Å². The Morgan fingerprint density at radius 1 is 0.846 bits per heavy atom. The van der Waals surface area contributed by atoms with E-state index in [1.165, 1.54) is 51.4 Å². The fraction of sp³-hybridized carbons (Fsp3) is 1.00. The molecule has 0 amide bonds. The van der Waals surface area contributed by atoms with Crippen molar-refractivity contribution in [2.75, 3.05) is 6.17 Å². The van der Waals surface area contributed by atoms with Crippen molar-refractivity contribution in [3.63, 3.8) is 0 Å². The Kier molecular flexibility index (Phi) is 3.44. The fourth-order valence-electron chi connectivity index (χ4n) is 3.03. The van der Waals surface area contributed by atoms with Crippen LogP contribution in [0.25, 0.3) is 0 Å². The van der Waals surface area contributed by atoms with Crippen molar-refractivity contribution in [3.8, 4) is 0 Å². The lowest BCUT2D eigenvalue weighted by molar-refractivity contribution is 0.165. The predicted octanol–water partition coefficient (Wildman–Crippen LogP) is 2.30. The van der Waals surface area contributed by atoms with Gasteiger partial charge in [-0.15, -0.1) is 0 Å².